The molecule has 0 radical (unpaired) electrons. The summed E-state index contributed by atoms with van der Waals surface area (Å²) in [4.78, 5) is 23.9. The van der Waals surface area contributed by atoms with Crippen molar-refractivity contribution in [3.8, 4) is 10.6 Å². The van der Waals surface area contributed by atoms with E-state index in [1.54, 1.807) is 17.4 Å². The summed E-state index contributed by atoms with van der Waals surface area (Å²) >= 11 is 2.93. The summed E-state index contributed by atoms with van der Waals surface area (Å²) in [6.45, 7) is 8.93. The molecular weight excluding hydrogens is 414 g/mol. The van der Waals surface area contributed by atoms with Gasteiger partial charge in [0.2, 0.25) is 5.91 Å². The first-order valence-electron chi connectivity index (χ1n) is 9.54. The number of amides is 1. The van der Waals surface area contributed by atoms with Crippen molar-refractivity contribution in [3.63, 3.8) is 0 Å². The molecule has 0 fully saturated rings. The van der Waals surface area contributed by atoms with Gasteiger partial charge in [-0.1, -0.05) is 6.92 Å². The molecule has 0 unspecified atom stereocenters. The van der Waals surface area contributed by atoms with Crippen LogP contribution < -0.4 is 5.32 Å². The highest BCUT2D eigenvalue weighted by Gasteiger charge is 2.34. The summed E-state index contributed by atoms with van der Waals surface area (Å²) < 4.78 is 27.5. The number of likely N-dealkylation sites (N-methyl/N-ethyl adjacent to an activating group) is 1. The van der Waals surface area contributed by atoms with Gasteiger partial charge in [0.25, 0.3) is 6.43 Å². The summed E-state index contributed by atoms with van der Waals surface area (Å²) in [6.07, 6.45) is -0.459. The second kappa shape index (κ2) is 7.70. The molecule has 1 amide bonds. The van der Waals surface area contributed by atoms with E-state index >= 15 is 0 Å². The molecule has 29 heavy (non-hydrogen) atoms. The van der Waals surface area contributed by atoms with Crippen LogP contribution in [0.5, 0.6) is 0 Å². The van der Waals surface area contributed by atoms with Crippen LogP contribution in [0.4, 0.5) is 13.8 Å². The van der Waals surface area contributed by atoms with Crippen LogP contribution in [0.1, 0.15) is 56.3 Å². The number of fused-ring (bicyclic) bond motifs is 2. The highest BCUT2D eigenvalue weighted by molar-refractivity contribution is 7.23. The molecular formula is C20H22F2N4OS2. The fourth-order valence-electron chi connectivity index (χ4n) is 4.17. The molecule has 0 bridgehead atoms. The molecule has 4 rings (SSSR count). The zero-order valence-electron chi connectivity index (χ0n) is 16.6. The molecule has 3 aromatic rings. The van der Waals surface area contributed by atoms with Crippen molar-refractivity contribution in [1.29, 1.82) is 0 Å². The molecule has 2 atom stereocenters. The van der Waals surface area contributed by atoms with Crippen LogP contribution in [-0.4, -0.2) is 33.4 Å². The Balaban J connectivity index is 1.93. The van der Waals surface area contributed by atoms with Crippen LogP contribution >= 0.6 is 22.7 Å². The molecule has 5 nitrogen and oxygen atoms in total. The van der Waals surface area contributed by atoms with E-state index in [1.165, 1.54) is 29.3 Å². The van der Waals surface area contributed by atoms with E-state index in [0.717, 1.165) is 29.1 Å². The number of alkyl halides is 2. The third-order valence-corrected chi connectivity index (χ3v) is 7.75. The van der Waals surface area contributed by atoms with E-state index < -0.39 is 6.43 Å². The number of hydrogen-bond acceptors (Lipinski definition) is 6. The van der Waals surface area contributed by atoms with Gasteiger partial charge in [-0.2, -0.15) is 0 Å². The van der Waals surface area contributed by atoms with Crippen LogP contribution in [0.3, 0.4) is 0 Å². The van der Waals surface area contributed by atoms with Crippen LogP contribution in [0.2, 0.25) is 0 Å². The van der Waals surface area contributed by atoms with Crippen molar-refractivity contribution in [3.05, 3.63) is 28.4 Å². The van der Waals surface area contributed by atoms with Crippen molar-refractivity contribution >= 4 is 43.8 Å². The van der Waals surface area contributed by atoms with Gasteiger partial charge in [0.15, 0.2) is 0 Å². The average Bonchev–Trinajstić information content (AvgIpc) is 3.22. The van der Waals surface area contributed by atoms with Gasteiger partial charge in [-0.05, 0) is 38.4 Å². The molecule has 1 aliphatic rings. The van der Waals surface area contributed by atoms with Crippen LogP contribution in [0.15, 0.2) is 12.3 Å². The average molecular weight is 437 g/mol. The highest BCUT2D eigenvalue weighted by atomic mass is 32.1. The molecule has 4 heterocycles. The number of aromatic nitrogens is 2. The predicted molar refractivity (Wildman–Crippen MR) is 114 cm³/mol. The second-order valence-corrected chi connectivity index (χ2v) is 9.34. The topological polar surface area (TPSA) is 58.1 Å². The Kier molecular flexibility index (Phi) is 5.39. The number of halogens is 2. The molecule has 0 aliphatic carbocycles. The minimum Gasteiger partial charge on any atom is -0.317 e. The first kappa shape index (κ1) is 20.3. The summed E-state index contributed by atoms with van der Waals surface area (Å²) in [6, 6.07) is 2.27. The lowest BCUT2D eigenvalue weighted by molar-refractivity contribution is -0.114. The minimum absolute atomic E-state index is 0.158. The third-order valence-electron chi connectivity index (χ3n) is 5.39. The van der Waals surface area contributed by atoms with E-state index in [-0.39, 0.29) is 23.2 Å². The maximum atomic E-state index is 13.4. The Labute approximate surface area is 175 Å². The largest absolute Gasteiger partial charge is 0.317 e. The normalized spacial score (nSPS) is 19.7. The van der Waals surface area contributed by atoms with Gasteiger partial charge in [-0.3, -0.25) is 14.7 Å². The van der Waals surface area contributed by atoms with Gasteiger partial charge in [0, 0.05) is 35.6 Å². The highest BCUT2D eigenvalue weighted by Crippen LogP contribution is 2.49. The van der Waals surface area contributed by atoms with Crippen molar-refractivity contribution in [2.75, 3.05) is 11.9 Å². The Morgan fingerprint density at radius 2 is 2.14 bits per heavy atom. The van der Waals surface area contributed by atoms with E-state index in [2.05, 4.69) is 41.0 Å². The Morgan fingerprint density at radius 1 is 1.38 bits per heavy atom. The maximum absolute atomic E-state index is 13.4. The number of pyridine rings is 1. The van der Waals surface area contributed by atoms with Crippen LogP contribution in [-0.2, 0) is 11.2 Å². The van der Waals surface area contributed by atoms with Crippen LogP contribution in [0.25, 0.3) is 20.8 Å². The fourth-order valence-corrected chi connectivity index (χ4v) is 6.63. The fraction of sp³-hybridized carbons (Fsp3) is 0.450. The standard InChI is InChI=1S/C20H22F2N4OS2/c1-5-26-9(2)8-12-14(19(24-11(4)27)29-17(12)10(26)3)20-25-15-13(28-20)6-7-23-16(15)18(21)22/h6-7,9-10,18H,5,8H2,1-4H3,(H,24,27)/t9-,10+/m1/s1. The van der Waals surface area contributed by atoms with Gasteiger partial charge < -0.3 is 5.32 Å². The number of hydrogen-bond donors (Lipinski definition) is 1. The predicted octanol–water partition coefficient (Wildman–Crippen LogP) is 5.64. The van der Waals surface area contributed by atoms with E-state index in [9.17, 15) is 13.6 Å². The molecule has 1 aliphatic heterocycles. The third kappa shape index (κ3) is 3.45. The maximum Gasteiger partial charge on any atom is 0.282 e. The number of nitrogens with one attached hydrogen (secondary N) is 1. The summed E-state index contributed by atoms with van der Waals surface area (Å²) in [5, 5.41) is 4.34. The Hall–Kier alpha value is -1.97. The molecule has 9 heteroatoms. The quantitative estimate of drug-likeness (QED) is 0.575. The lowest BCUT2D eigenvalue weighted by atomic mass is 9.93. The van der Waals surface area contributed by atoms with Crippen molar-refractivity contribution < 1.29 is 13.6 Å². The lowest BCUT2D eigenvalue weighted by Crippen LogP contribution is -2.40. The number of thiophene rings is 1. The number of rotatable bonds is 4. The monoisotopic (exact) mass is 436 g/mol. The zero-order chi connectivity index (χ0) is 20.9. The van der Waals surface area contributed by atoms with Crippen LogP contribution in [0, 0.1) is 0 Å². The number of nitrogens with zero attached hydrogens (tertiary/aromatic N) is 3. The first-order chi connectivity index (χ1) is 13.8. The molecule has 0 saturated heterocycles. The molecule has 1 N–H and O–H groups in total. The Bertz CT molecular complexity index is 1080. The number of carbonyl (C=O) groups excluding carboxylic acids is 1. The minimum atomic E-state index is -2.68. The number of anilines is 1. The summed E-state index contributed by atoms with van der Waals surface area (Å²) in [5.74, 6) is -0.158. The summed E-state index contributed by atoms with van der Waals surface area (Å²) in [7, 11) is 0. The van der Waals surface area contributed by atoms with Gasteiger partial charge in [-0.15, -0.1) is 22.7 Å². The van der Waals surface area contributed by atoms with Gasteiger partial charge in [0.1, 0.15) is 21.2 Å². The smallest absolute Gasteiger partial charge is 0.282 e. The van der Waals surface area contributed by atoms with Gasteiger partial charge >= 0.3 is 0 Å². The number of thiazole rings is 1. The van der Waals surface area contributed by atoms with Crippen molar-refractivity contribution in [2.45, 2.75) is 52.6 Å². The molecule has 0 aromatic carbocycles. The SMILES string of the molecule is CCN1[C@H](C)Cc2c(sc(NC(C)=O)c2-c2nc3c(C(F)F)nccc3s2)[C@@H]1C. The van der Waals surface area contributed by atoms with Gasteiger partial charge in [0.05, 0.1) is 4.70 Å². The van der Waals surface area contributed by atoms with E-state index in [0.29, 0.717) is 15.7 Å². The van der Waals surface area contributed by atoms with Gasteiger partial charge in [-0.25, -0.2) is 13.8 Å². The zero-order valence-corrected chi connectivity index (χ0v) is 18.3. The lowest BCUT2D eigenvalue weighted by Gasteiger charge is -2.38. The van der Waals surface area contributed by atoms with E-state index in [1.807, 2.05) is 0 Å². The molecule has 3 aromatic heterocycles. The molecule has 0 saturated carbocycles. The number of carbonyl (C=O) groups is 1. The second-order valence-electron chi connectivity index (χ2n) is 7.25. The molecule has 0 spiro atoms. The molecule has 154 valence electrons. The Morgan fingerprint density at radius 3 is 2.79 bits per heavy atom. The summed E-state index contributed by atoms with van der Waals surface area (Å²) in [5.41, 5.74) is 1.97. The van der Waals surface area contributed by atoms with Crippen molar-refractivity contribution in [2.24, 2.45) is 0 Å². The van der Waals surface area contributed by atoms with Crippen molar-refractivity contribution in [1.82, 2.24) is 14.9 Å². The first-order valence-corrected chi connectivity index (χ1v) is 11.2. The van der Waals surface area contributed by atoms with E-state index in [4.69, 9.17) is 0 Å².